The van der Waals surface area contributed by atoms with E-state index in [1.165, 1.54) is 12.3 Å². The molecule has 0 aliphatic rings. The molecule has 1 heterocycles. The van der Waals surface area contributed by atoms with Gasteiger partial charge in [-0.25, -0.2) is 0 Å². The van der Waals surface area contributed by atoms with E-state index in [2.05, 4.69) is 15.6 Å². The van der Waals surface area contributed by atoms with Crippen LogP contribution in [0.1, 0.15) is 11.1 Å². The molecule has 4 rings (SSSR count). The molecule has 0 fully saturated rings. The lowest BCUT2D eigenvalue weighted by atomic mass is 10.1. The molecule has 0 amide bonds. The molecule has 0 bridgehead atoms. The average molecular weight is 511 g/mol. The molecule has 1 N–H and O–H groups in total. The minimum atomic E-state index is -0.714. The van der Waals surface area contributed by atoms with Gasteiger partial charge in [0.05, 0.1) is 28.7 Å². The summed E-state index contributed by atoms with van der Waals surface area (Å²) in [5, 5.41) is 32.1. The zero-order valence-electron chi connectivity index (χ0n) is 17.8. The van der Waals surface area contributed by atoms with Crippen LogP contribution >= 0.6 is 23.2 Å². The maximum absolute atomic E-state index is 11.4. The summed E-state index contributed by atoms with van der Waals surface area (Å²) >= 11 is 12.3. The summed E-state index contributed by atoms with van der Waals surface area (Å²) in [6.07, 6.45) is 3.24. The van der Waals surface area contributed by atoms with E-state index in [1.807, 2.05) is 36.4 Å². The van der Waals surface area contributed by atoms with E-state index in [4.69, 9.17) is 23.2 Å². The third-order valence-corrected chi connectivity index (χ3v) is 5.55. The van der Waals surface area contributed by atoms with Crippen LogP contribution in [0.25, 0.3) is 11.3 Å². The number of anilines is 1. The molecule has 176 valence electrons. The fraction of sp³-hybridized carbons (Fsp3) is 0.0435. The van der Waals surface area contributed by atoms with Gasteiger partial charge in [0.15, 0.2) is 0 Å². The highest BCUT2D eigenvalue weighted by molar-refractivity contribution is 6.35. The first kappa shape index (κ1) is 23.9. The van der Waals surface area contributed by atoms with E-state index < -0.39 is 15.5 Å². The number of halogens is 2. The molecule has 0 aliphatic heterocycles. The van der Waals surface area contributed by atoms with E-state index in [-0.39, 0.29) is 11.4 Å². The van der Waals surface area contributed by atoms with Gasteiger partial charge in [0.2, 0.25) is 0 Å². The van der Waals surface area contributed by atoms with Crippen LogP contribution in [-0.4, -0.2) is 25.8 Å². The molecule has 0 spiro atoms. The van der Waals surface area contributed by atoms with Crippen LogP contribution < -0.4 is 5.43 Å². The Hall–Kier alpha value is -4.28. The Morgan fingerprint density at radius 1 is 1.00 bits per heavy atom. The van der Waals surface area contributed by atoms with Crippen LogP contribution in [0.3, 0.4) is 0 Å². The number of nitrogens with one attached hydrogen (secondary N) is 1. The number of rotatable bonds is 8. The minimum Gasteiger partial charge on any atom is -0.272 e. The van der Waals surface area contributed by atoms with Gasteiger partial charge >= 0.3 is 5.69 Å². The van der Waals surface area contributed by atoms with Gasteiger partial charge in [-0.05, 0) is 23.8 Å². The number of hydrazone groups is 1. The molecule has 1 aromatic heterocycles. The summed E-state index contributed by atoms with van der Waals surface area (Å²) < 4.78 is 1.70. The minimum absolute atomic E-state index is 0.0125. The van der Waals surface area contributed by atoms with Gasteiger partial charge in [-0.1, -0.05) is 59.6 Å². The van der Waals surface area contributed by atoms with Crippen molar-refractivity contribution in [1.29, 1.82) is 0 Å². The first-order chi connectivity index (χ1) is 16.8. The number of non-ortho nitro benzene ring substituents is 1. The predicted octanol–water partition coefficient (Wildman–Crippen LogP) is 6.17. The molecular weight excluding hydrogens is 495 g/mol. The highest BCUT2D eigenvalue weighted by Crippen LogP contribution is 2.29. The number of nitro groups is 2. The largest absolute Gasteiger partial charge is 0.301 e. The van der Waals surface area contributed by atoms with Crippen LogP contribution in [0.2, 0.25) is 10.0 Å². The Labute approximate surface area is 208 Å². The van der Waals surface area contributed by atoms with Crippen molar-refractivity contribution in [3.63, 3.8) is 0 Å². The Kier molecular flexibility index (Phi) is 7.04. The Morgan fingerprint density at radius 2 is 1.77 bits per heavy atom. The zero-order chi connectivity index (χ0) is 24.9. The van der Waals surface area contributed by atoms with E-state index in [0.717, 1.165) is 23.3 Å². The molecular formula is C23H16Cl2N6O4. The molecule has 0 aliphatic carbocycles. The number of nitro benzene ring substituents is 2. The Balaban J connectivity index is 1.65. The highest BCUT2D eigenvalue weighted by Gasteiger charge is 2.19. The first-order valence-electron chi connectivity index (χ1n) is 10.1. The number of nitrogens with zero attached hydrogens (tertiary/aromatic N) is 5. The van der Waals surface area contributed by atoms with Gasteiger partial charge in [-0.3, -0.25) is 30.3 Å². The topological polar surface area (TPSA) is 128 Å². The third-order valence-electron chi connectivity index (χ3n) is 4.96. The summed E-state index contributed by atoms with van der Waals surface area (Å²) in [4.78, 5) is 20.9. The quantitative estimate of drug-likeness (QED) is 0.171. The van der Waals surface area contributed by atoms with Crippen molar-refractivity contribution >= 4 is 46.5 Å². The molecule has 12 heteroatoms. The first-order valence-corrected chi connectivity index (χ1v) is 10.9. The summed E-state index contributed by atoms with van der Waals surface area (Å²) in [5.74, 6) is 0. The van der Waals surface area contributed by atoms with E-state index in [1.54, 1.807) is 23.0 Å². The standard InChI is InChI=1S/C23H16Cl2N6O4/c24-18-7-6-16(20(25)10-18)13-29-14-17(23(28-29)15-4-2-1-3-5-15)12-26-27-21-9-8-19(30(32)33)11-22(21)31(34)35/h1-12,14,27H,13H2/b26-12+. The second kappa shape index (κ2) is 10.3. The lowest BCUT2D eigenvalue weighted by Crippen LogP contribution is -2.01. The second-order valence-electron chi connectivity index (χ2n) is 7.32. The van der Waals surface area contributed by atoms with Gasteiger partial charge in [0.1, 0.15) is 11.4 Å². The van der Waals surface area contributed by atoms with Crippen LogP contribution in [0, 0.1) is 20.2 Å². The predicted molar refractivity (Wildman–Crippen MR) is 134 cm³/mol. The summed E-state index contributed by atoms with van der Waals surface area (Å²) in [6.45, 7) is 0.380. The van der Waals surface area contributed by atoms with Crippen molar-refractivity contribution in [2.45, 2.75) is 6.54 Å². The summed E-state index contributed by atoms with van der Waals surface area (Å²) in [5.41, 5.74) is 4.69. The van der Waals surface area contributed by atoms with Crippen molar-refractivity contribution in [2.24, 2.45) is 5.10 Å². The lowest BCUT2D eigenvalue weighted by molar-refractivity contribution is -0.393. The zero-order valence-corrected chi connectivity index (χ0v) is 19.3. The average Bonchev–Trinajstić information content (AvgIpc) is 3.24. The fourth-order valence-electron chi connectivity index (χ4n) is 3.31. The molecule has 0 unspecified atom stereocenters. The number of aromatic nitrogens is 2. The third kappa shape index (κ3) is 5.62. The maximum Gasteiger partial charge on any atom is 0.301 e. The Bertz CT molecular complexity index is 1440. The molecule has 35 heavy (non-hydrogen) atoms. The summed E-state index contributed by atoms with van der Waals surface area (Å²) in [7, 11) is 0. The van der Waals surface area contributed by atoms with Crippen molar-refractivity contribution < 1.29 is 9.85 Å². The van der Waals surface area contributed by atoms with Gasteiger partial charge in [-0.2, -0.15) is 10.2 Å². The van der Waals surface area contributed by atoms with Crippen LogP contribution in [0.5, 0.6) is 0 Å². The molecule has 0 saturated carbocycles. The molecule has 4 aromatic rings. The summed E-state index contributed by atoms with van der Waals surface area (Å²) in [6, 6.07) is 17.9. The van der Waals surface area contributed by atoms with Crippen LogP contribution in [0.15, 0.2) is 78.0 Å². The number of hydrogen-bond donors (Lipinski definition) is 1. The van der Waals surface area contributed by atoms with Gasteiger partial charge in [0, 0.05) is 33.4 Å². The highest BCUT2D eigenvalue weighted by atomic mass is 35.5. The normalized spacial score (nSPS) is 11.0. The smallest absolute Gasteiger partial charge is 0.272 e. The second-order valence-corrected chi connectivity index (χ2v) is 8.16. The van der Waals surface area contributed by atoms with Crippen molar-refractivity contribution in [3.05, 3.63) is 114 Å². The van der Waals surface area contributed by atoms with Crippen LogP contribution in [-0.2, 0) is 6.54 Å². The van der Waals surface area contributed by atoms with Crippen molar-refractivity contribution in [3.8, 4) is 11.3 Å². The van der Waals surface area contributed by atoms with Crippen LogP contribution in [0.4, 0.5) is 17.1 Å². The van der Waals surface area contributed by atoms with Crippen molar-refractivity contribution in [2.75, 3.05) is 5.43 Å². The molecule has 3 aromatic carbocycles. The van der Waals surface area contributed by atoms with Crippen molar-refractivity contribution in [1.82, 2.24) is 9.78 Å². The number of hydrogen-bond acceptors (Lipinski definition) is 7. The lowest BCUT2D eigenvalue weighted by Gasteiger charge is -2.05. The van der Waals surface area contributed by atoms with E-state index in [0.29, 0.717) is 27.8 Å². The molecule has 10 nitrogen and oxygen atoms in total. The van der Waals surface area contributed by atoms with E-state index >= 15 is 0 Å². The van der Waals surface area contributed by atoms with E-state index in [9.17, 15) is 20.2 Å². The fourth-order valence-corrected chi connectivity index (χ4v) is 3.78. The van der Waals surface area contributed by atoms with Gasteiger partial charge in [-0.15, -0.1) is 0 Å². The molecule has 0 atom stereocenters. The van der Waals surface area contributed by atoms with Gasteiger partial charge < -0.3 is 0 Å². The van der Waals surface area contributed by atoms with Gasteiger partial charge in [0.25, 0.3) is 5.69 Å². The maximum atomic E-state index is 11.4. The molecule has 0 saturated heterocycles. The Morgan fingerprint density at radius 3 is 2.46 bits per heavy atom. The monoisotopic (exact) mass is 510 g/mol. The number of benzene rings is 3. The SMILES string of the molecule is O=[N+]([O-])c1ccc(N/N=C/c2cn(Cc3ccc(Cl)cc3Cl)nc2-c2ccccc2)c([N+](=O)[O-])c1. The molecule has 0 radical (unpaired) electrons.